The topological polar surface area (TPSA) is 43.7 Å². The fourth-order valence-electron chi connectivity index (χ4n) is 3.88. The fraction of sp³-hybridized carbons (Fsp3) is 1.00. The van der Waals surface area contributed by atoms with Gasteiger partial charge in [0.1, 0.15) is 12.5 Å². The zero-order chi connectivity index (χ0) is 20.2. The summed E-state index contributed by atoms with van der Waals surface area (Å²) in [6.45, 7) is 6.52. The highest BCUT2D eigenvalue weighted by atomic mass is 16.3. The Bertz CT molecular complexity index is 274. The molecule has 0 fully saturated rings. The molecule has 0 heterocycles. The van der Waals surface area contributed by atoms with Gasteiger partial charge in [-0.1, -0.05) is 116 Å². The molecule has 3 heteroatoms. The first kappa shape index (κ1) is 26.9. The number of rotatable bonds is 21. The number of unbranched alkanes of at least 4 members (excludes halogenated alkanes) is 17. The molecule has 27 heavy (non-hydrogen) atoms. The van der Waals surface area contributed by atoms with Gasteiger partial charge in [-0.2, -0.15) is 0 Å². The van der Waals surface area contributed by atoms with Crippen LogP contribution in [0.15, 0.2) is 0 Å². The Morgan fingerprint density at radius 3 is 1.00 bits per heavy atom. The lowest BCUT2D eigenvalue weighted by Gasteiger charge is -2.27. The Hall–Kier alpha value is -0.120. The summed E-state index contributed by atoms with van der Waals surface area (Å²) in [5.74, 6) is 0. The van der Waals surface area contributed by atoms with Crippen molar-refractivity contribution < 1.29 is 10.2 Å². The molecule has 0 saturated heterocycles. The molecule has 0 aromatic carbocycles. The summed E-state index contributed by atoms with van der Waals surface area (Å²) in [7, 11) is 0. The Labute approximate surface area is 170 Å². The summed E-state index contributed by atoms with van der Waals surface area (Å²) in [5, 5.41) is 19.2. The molecule has 2 atom stereocenters. The average molecular weight is 386 g/mol. The molecule has 0 aromatic heterocycles. The van der Waals surface area contributed by atoms with Crippen LogP contribution in [0.4, 0.5) is 0 Å². The second-order valence-corrected chi connectivity index (χ2v) is 8.51. The van der Waals surface area contributed by atoms with Gasteiger partial charge in [0, 0.05) is 6.54 Å². The van der Waals surface area contributed by atoms with E-state index in [4.69, 9.17) is 0 Å². The van der Waals surface area contributed by atoms with Crippen LogP contribution in [0.5, 0.6) is 0 Å². The van der Waals surface area contributed by atoms with Crippen LogP contribution >= 0.6 is 0 Å². The van der Waals surface area contributed by atoms with Gasteiger partial charge in [0.15, 0.2) is 0 Å². The van der Waals surface area contributed by atoms with Gasteiger partial charge in [0.25, 0.3) is 0 Å². The second-order valence-electron chi connectivity index (χ2n) is 8.51. The first-order valence-electron chi connectivity index (χ1n) is 12.2. The van der Waals surface area contributed by atoms with Crippen molar-refractivity contribution >= 4 is 0 Å². The maximum atomic E-state index is 9.59. The van der Waals surface area contributed by atoms with Gasteiger partial charge in [0.05, 0.1) is 0 Å². The summed E-state index contributed by atoms with van der Waals surface area (Å²) in [6.07, 6.45) is 23.7. The van der Waals surface area contributed by atoms with Crippen molar-refractivity contribution in [3.05, 3.63) is 0 Å². The zero-order valence-electron chi connectivity index (χ0n) is 18.9. The van der Waals surface area contributed by atoms with E-state index in [1.165, 1.54) is 109 Å². The predicted molar refractivity (Wildman–Crippen MR) is 119 cm³/mol. The van der Waals surface area contributed by atoms with Crippen molar-refractivity contribution in [3.63, 3.8) is 0 Å². The zero-order valence-corrected chi connectivity index (χ0v) is 18.9. The normalized spacial score (nSPS) is 14.0. The highest BCUT2D eigenvalue weighted by Gasteiger charge is 2.14. The van der Waals surface area contributed by atoms with Crippen molar-refractivity contribution in [3.8, 4) is 0 Å². The van der Waals surface area contributed by atoms with E-state index in [9.17, 15) is 10.2 Å². The van der Waals surface area contributed by atoms with Crippen LogP contribution in [-0.2, 0) is 0 Å². The maximum Gasteiger partial charge on any atom is 0.106 e. The second kappa shape index (κ2) is 20.6. The lowest BCUT2D eigenvalue weighted by Crippen LogP contribution is -2.40. The van der Waals surface area contributed by atoms with E-state index in [-0.39, 0.29) is 0 Å². The third-order valence-corrected chi connectivity index (χ3v) is 5.73. The molecule has 164 valence electrons. The van der Waals surface area contributed by atoms with Gasteiger partial charge < -0.3 is 10.2 Å². The number of aliphatic hydroxyl groups excluding tert-OH is 2. The minimum atomic E-state index is -0.559. The van der Waals surface area contributed by atoms with E-state index < -0.39 is 12.5 Å². The molecule has 0 saturated carbocycles. The lowest BCUT2D eigenvalue weighted by molar-refractivity contribution is -0.0844. The van der Waals surface area contributed by atoms with E-state index in [1.54, 1.807) is 18.7 Å². The van der Waals surface area contributed by atoms with Crippen molar-refractivity contribution in [2.75, 3.05) is 6.54 Å². The van der Waals surface area contributed by atoms with E-state index in [2.05, 4.69) is 6.92 Å². The summed E-state index contributed by atoms with van der Waals surface area (Å²) in [5.41, 5.74) is 0. The molecule has 0 radical (unpaired) electrons. The highest BCUT2D eigenvalue weighted by Crippen LogP contribution is 2.14. The molecule has 2 N–H and O–H groups in total. The van der Waals surface area contributed by atoms with Gasteiger partial charge >= 0.3 is 0 Å². The van der Waals surface area contributed by atoms with E-state index in [0.29, 0.717) is 0 Å². The Morgan fingerprint density at radius 1 is 0.481 bits per heavy atom. The van der Waals surface area contributed by atoms with Crippen molar-refractivity contribution in [1.82, 2.24) is 4.90 Å². The van der Waals surface area contributed by atoms with E-state index >= 15 is 0 Å². The summed E-state index contributed by atoms with van der Waals surface area (Å²) < 4.78 is 0. The first-order chi connectivity index (χ1) is 13.1. The molecule has 0 rings (SSSR count). The van der Waals surface area contributed by atoms with Crippen LogP contribution in [0, 0.1) is 0 Å². The van der Waals surface area contributed by atoms with Crippen molar-refractivity contribution in [2.45, 2.75) is 149 Å². The van der Waals surface area contributed by atoms with Crippen LogP contribution in [0.25, 0.3) is 0 Å². The van der Waals surface area contributed by atoms with Gasteiger partial charge in [-0.15, -0.1) is 0 Å². The first-order valence-corrected chi connectivity index (χ1v) is 12.2. The maximum absolute atomic E-state index is 9.59. The standard InChI is InChI=1S/C24H51NO2/c1-4-5-6-7-8-9-10-11-12-13-14-15-16-17-18-19-20-21-22-25(23(2)26)24(3)27/h23-24,26-27H,4-22H2,1-3H3. The SMILES string of the molecule is CCCCCCCCCCCCCCCCCCCCN(C(C)O)C(C)O. The average Bonchev–Trinajstić information content (AvgIpc) is 2.63. The van der Waals surface area contributed by atoms with Gasteiger partial charge in [0.2, 0.25) is 0 Å². The number of nitrogens with zero attached hydrogens (tertiary/aromatic N) is 1. The molecule has 0 amide bonds. The molecule has 3 nitrogen and oxygen atoms in total. The van der Waals surface area contributed by atoms with Gasteiger partial charge in [-0.3, -0.25) is 4.90 Å². The van der Waals surface area contributed by atoms with Crippen LogP contribution in [0.1, 0.15) is 136 Å². The smallest absolute Gasteiger partial charge is 0.106 e. The number of aliphatic hydroxyl groups is 2. The van der Waals surface area contributed by atoms with E-state index in [0.717, 1.165) is 13.0 Å². The Kier molecular flexibility index (Phi) is 20.5. The predicted octanol–water partition coefficient (Wildman–Crippen LogP) is 7.01. The Morgan fingerprint density at radius 2 is 0.741 bits per heavy atom. The molecular formula is C24H51NO2. The molecule has 0 bridgehead atoms. The summed E-state index contributed by atoms with van der Waals surface area (Å²) in [6, 6.07) is 0. The summed E-state index contributed by atoms with van der Waals surface area (Å²) >= 11 is 0. The quantitative estimate of drug-likeness (QED) is 0.165. The summed E-state index contributed by atoms with van der Waals surface area (Å²) in [4.78, 5) is 1.74. The van der Waals surface area contributed by atoms with E-state index in [1.807, 2.05) is 0 Å². The molecule has 0 aliphatic carbocycles. The van der Waals surface area contributed by atoms with Crippen LogP contribution < -0.4 is 0 Å². The molecular weight excluding hydrogens is 334 g/mol. The Balaban J connectivity index is 3.17. The van der Waals surface area contributed by atoms with Crippen LogP contribution in [0.2, 0.25) is 0 Å². The molecule has 0 spiro atoms. The lowest BCUT2D eigenvalue weighted by atomic mass is 10.0. The molecule has 2 unspecified atom stereocenters. The van der Waals surface area contributed by atoms with Crippen LogP contribution in [-0.4, -0.2) is 34.1 Å². The molecule has 0 aliphatic rings. The van der Waals surface area contributed by atoms with Gasteiger partial charge in [-0.05, 0) is 20.3 Å². The minimum absolute atomic E-state index is 0.559. The third kappa shape index (κ3) is 19.0. The monoisotopic (exact) mass is 385 g/mol. The fourth-order valence-corrected chi connectivity index (χ4v) is 3.88. The van der Waals surface area contributed by atoms with Crippen molar-refractivity contribution in [1.29, 1.82) is 0 Å². The van der Waals surface area contributed by atoms with Gasteiger partial charge in [-0.25, -0.2) is 0 Å². The van der Waals surface area contributed by atoms with Crippen LogP contribution in [0.3, 0.4) is 0 Å². The number of hydrogen-bond acceptors (Lipinski definition) is 3. The molecule has 0 aliphatic heterocycles. The van der Waals surface area contributed by atoms with Crippen molar-refractivity contribution in [2.24, 2.45) is 0 Å². The molecule has 0 aromatic rings. The number of hydrogen-bond donors (Lipinski definition) is 2. The minimum Gasteiger partial charge on any atom is -0.379 e. The highest BCUT2D eigenvalue weighted by molar-refractivity contribution is 4.59. The third-order valence-electron chi connectivity index (χ3n) is 5.73. The largest absolute Gasteiger partial charge is 0.379 e.